The van der Waals surface area contributed by atoms with Crippen LogP contribution in [-0.4, -0.2) is 23.2 Å². The minimum Gasteiger partial charge on any atom is -0.483 e. The molecule has 0 saturated heterocycles. The van der Waals surface area contributed by atoms with E-state index in [2.05, 4.69) is 22.0 Å². The topological polar surface area (TPSA) is 31.2 Å². The first kappa shape index (κ1) is 20.8. The zero-order chi connectivity index (χ0) is 16.1. The maximum absolute atomic E-state index is 12.7. The predicted octanol–water partition coefficient (Wildman–Crippen LogP) is 4.04. The van der Waals surface area contributed by atoms with Gasteiger partial charge in [-0.05, 0) is 22.9 Å². The Balaban J connectivity index is 0.00000264. The molecule has 0 amide bonds. The van der Waals surface area contributed by atoms with Gasteiger partial charge < -0.3 is 9.30 Å². The quantitative estimate of drug-likeness (QED) is 0.464. The van der Waals surface area contributed by atoms with Gasteiger partial charge in [-0.2, -0.15) is 12.1 Å². The van der Waals surface area contributed by atoms with Crippen molar-refractivity contribution in [1.29, 1.82) is 0 Å². The van der Waals surface area contributed by atoms with Crippen LogP contribution in [0.25, 0.3) is 11.3 Å². The van der Waals surface area contributed by atoms with Crippen molar-refractivity contribution < 1.29 is 46.2 Å². The number of hydrogen-bond donors (Lipinski definition) is 0. The SMILES string of the molecule is CSCOc1ccc(-c2[c-]ccc(=O)n2CC(F)F)c(Br)c1.[Y]. The molecule has 3 nitrogen and oxygen atoms in total. The summed E-state index contributed by atoms with van der Waals surface area (Å²) in [6, 6.07) is 10.7. The van der Waals surface area contributed by atoms with E-state index in [9.17, 15) is 13.6 Å². The Bertz CT molecular complexity index is 712. The molecule has 2 rings (SSSR count). The molecule has 1 heterocycles. The average molecular weight is 478 g/mol. The minimum absolute atomic E-state index is 0. The Morgan fingerprint density at radius 2 is 2.13 bits per heavy atom. The van der Waals surface area contributed by atoms with Crippen molar-refractivity contribution in [2.75, 3.05) is 12.2 Å². The number of benzene rings is 1. The van der Waals surface area contributed by atoms with E-state index in [1.54, 1.807) is 30.0 Å². The summed E-state index contributed by atoms with van der Waals surface area (Å²) in [6.07, 6.45) is -0.694. The van der Waals surface area contributed by atoms with Crippen molar-refractivity contribution in [2.45, 2.75) is 13.0 Å². The Morgan fingerprint density at radius 1 is 1.39 bits per heavy atom. The van der Waals surface area contributed by atoms with Crippen LogP contribution in [0.2, 0.25) is 0 Å². The third-order valence-electron chi connectivity index (χ3n) is 2.84. The zero-order valence-electron chi connectivity index (χ0n) is 12.3. The molecule has 8 heteroatoms. The van der Waals surface area contributed by atoms with Crippen LogP contribution < -0.4 is 10.3 Å². The van der Waals surface area contributed by atoms with Crippen molar-refractivity contribution in [2.24, 2.45) is 0 Å². The summed E-state index contributed by atoms with van der Waals surface area (Å²) in [6.45, 7) is -0.664. The molecule has 1 radical (unpaired) electrons. The third kappa shape index (κ3) is 5.66. The Kier molecular flexibility index (Phi) is 8.97. The van der Waals surface area contributed by atoms with Gasteiger partial charge in [0.2, 0.25) is 0 Å². The molecule has 121 valence electrons. The minimum atomic E-state index is -2.62. The number of alkyl halides is 2. The van der Waals surface area contributed by atoms with E-state index in [-0.39, 0.29) is 32.7 Å². The van der Waals surface area contributed by atoms with E-state index in [1.807, 2.05) is 6.26 Å². The molecular formula is C15H13BrF2NO2SY-. The molecule has 1 aromatic heterocycles. The molecule has 0 aliphatic heterocycles. The Labute approximate surface area is 170 Å². The van der Waals surface area contributed by atoms with Crippen LogP contribution in [0.1, 0.15) is 0 Å². The standard InChI is InChI=1S/C15H13BrF2NO2S.Y/c1-22-9-21-10-5-6-11(12(16)7-10)13-3-2-4-15(20)19(13)8-14(17)18;/h2,4-7,14H,8-9H2,1H3;/q-1;. The van der Waals surface area contributed by atoms with E-state index in [4.69, 9.17) is 4.74 Å². The molecule has 0 fully saturated rings. The van der Waals surface area contributed by atoms with E-state index in [1.165, 1.54) is 12.1 Å². The fourth-order valence-corrected chi connectivity index (χ4v) is 2.72. The molecule has 0 aliphatic carbocycles. The van der Waals surface area contributed by atoms with Gasteiger partial charge >= 0.3 is 0 Å². The van der Waals surface area contributed by atoms with Gasteiger partial charge in [0.25, 0.3) is 6.43 Å². The second-order valence-electron chi connectivity index (χ2n) is 4.36. The molecule has 0 bridgehead atoms. The molecule has 2 aromatic rings. The number of thioether (sulfide) groups is 1. The summed E-state index contributed by atoms with van der Waals surface area (Å²) < 4.78 is 32.5. The van der Waals surface area contributed by atoms with Gasteiger partial charge in [-0.3, -0.25) is 4.79 Å². The van der Waals surface area contributed by atoms with Crippen LogP contribution in [0.15, 0.2) is 39.6 Å². The smallest absolute Gasteiger partial charge is 0.256 e. The fraction of sp³-hybridized carbons (Fsp3) is 0.267. The molecular weight excluding hydrogens is 465 g/mol. The van der Waals surface area contributed by atoms with Gasteiger partial charge in [0.15, 0.2) is 5.56 Å². The first-order valence-electron chi connectivity index (χ1n) is 6.34. The van der Waals surface area contributed by atoms with Crippen molar-refractivity contribution >= 4 is 27.7 Å². The van der Waals surface area contributed by atoms with Crippen LogP contribution in [0.3, 0.4) is 0 Å². The maximum atomic E-state index is 12.7. The van der Waals surface area contributed by atoms with Crippen LogP contribution >= 0.6 is 27.7 Å². The Hall–Kier alpha value is -0.236. The number of ether oxygens (including phenoxy) is 1. The molecule has 0 aliphatic rings. The van der Waals surface area contributed by atoms with Crippen molar-refractivity contribution in [1.82, 2.24) is 4.57 Å². The van der Waals surface area contributed by atoms with Gasteiger partial charge in [0.05, 0.1) is 6.54 Å². The maximum Gasteiger partial charge on any atom is 0.256 e. The molecule has 1 aromatic carbocycles. The summed E-state index contributed by atoms with van der Waals surface area (Å²) in [5, 5.41) is 0. The summed E-state index contributed by atoms with van der Waals surface area (Å²) in [5.74, 6) is 1.17. The molecule has 0 saturated carbocycles. The molecule has 0 spiro atoms. The summed E-state index contributed by atoms with van der Waals surface area (Å²) in [4.78, 5) is 11.8. The van der Waals surface area contributed by atoms with Gasteiger partial charge in [0, 0.05) is 32.7 Å². The van der Waals surface area contributed by atoms with Crippen LogP contribution in [-0.2, 0) is 39.3 Å². The van der Waals surface area contributed by atoms with Crippen molar-refractivity contribution in [3.05, 3.63) is 51.2 Å². The monoisotopic (exact) mass is 477 g/mol. The fourth-order valence-electron chi connectivity index (χ4n) is 1.92. The first-order chi connectivity index (χ1) is 10.5. The molecule has 0 atom stereocenters. The van der Waals surface area contributed by atoms with Crippen molar-refractivity contribution in [3.63, 3.8) is 0 Å². The number of halogens is 3. The van der Waals surface area contributed by atoms with E-state index in [0.717, 1.165) is 4.57 Å². The molecule has 0 N–H and O–H groups in total. The summed E-state index contributed by atoms with van der Waals surface area (Å²) in [5.41, 5.74) is 0.439. The molecule has 23 heavy (non-hydrogen) atoms. The van der Waals surface area contributed by atoms with Gasteiger partial charge in [0.1, 0.15) is 11.7 Å². The Morgan fingerprint density at radius 3 is 2.74 bits per heavy atom. The third-order valence-corrected chi connectivity index (χ3v) is 3.85. The number of rotatable bonds is 6. The largest absolute Gasteiger partial charge is 0.483 e. The van der Waals surface area contributed by atoms with Crippen LogP contribution in [0, 0.1) is 6.07 Å². The van der Waals surface area contributed by atoms with E-state index in [0.29, 0.717) is 27.4 Å². The molecule has 0 unspecified atom stereocenters. The predicted molar refractivity (Wildman–Crippen MR) is 87.7 cm³/mol. The average Bonchev–Trinajstić information content (AvgIpc) is 2.47. The second-order valence-corrected chi connectivity index (χ2v) is 6.03. The van der Waals surface area contributed by atoms with Crippen molar-refractivity contribution in [3.8, 4) is 17.0 Å². The first-order valence-corrected chi connectivity index (χ1v) is 8.53. The van der Waals surface area contributed by atoms with Gasteiger partial charge in [-0.1, -0.05) is 33.3 Å². The van der Waals surface area contributed by atoms with Gasteiger partial charge in [-0.15, -0.1) is 17.8 Å². The number of pyridine rings is 1. The number of nitrogens with zero attached hydrogens (tertiary/aromatic N) is 1. The number of aromatic nitrogens is 1. The van der Waals surface area contributed by atoms with Gasteiger partial charge in [-0.25, -0.2) is 8.78 Å². The number of hydrogen-bond acceptors (Lipinski definition) is 3. The summed E-state index contributed by atoms with van der Waals surface area (Å²) in [7, 11) is 0. The normalized spacial score (nSPS) is 10.5. The summed E-state index contributed by atoms with van der Waals surface area (Å²) >= 11 is 4.93. The van der Waals surface area contributed by atoms with E-state index >= 15 is 0 Å². The second kappa shape index (κ2) is 9.91. The van der Waals surface area contributed by atoms with Crippen LogP contribution in [0.5, 0.6) is 5.75 Å². The zero-order valence-corrected chi connectivity index (χ0v) is 17.5. The van der Waals surface area contributed by atoms with Crippen LogP contribution in [0.4, 0.5) is 8.78 Å². The van der Waals surface area contributed by atoms with E-state index < -0.39 is 18.5 Å².